The quantitative estimate of drug-likeness (QED) is 0.383. The number of carbonyl (C=O) groups excluding carboxylic acids is 1. The predicted octanol–water partition coefficient (Wildman–Crippen LogP) is 5.85. The molecule has 1 aromatic heterocycles. The standard InChI is InChI=1S/C26H29ClFN6O2/c1-25(2)13-18(14-26(3,4)34(25)36)30-23(35)16-9-11-17(12-10-16)31-24-29-15-20(28)22(33-24)32-21-8-6-5-7-19(21)27/h5-12,15,18H,13-14H2,1-4H3,(H,30,35)(H2,29,31,32,33). The van der Waals surface area contributed by atoms with Crippen LogP contribution in [0.2, 0.25) is 5.02 Å². The van der Waals surface area contributed by atoms with Crippen molar-refractivity contribution in [3.63, 3.8) is 0 Å². The summed E-state index contributed by atoms with van der Waals surface area (Å²) in [5.74, 6) is -0.674. The zero-order chi connectivity index (χ0) is 26.1. The number of amides is 1. The van der Waals surface area contributed by atoms with Crippen molar-refractivity contribution >= 4 is 40.6 Å². The van der Waals surface area contributed by atoms with Gasteiger partial charge in [-0.05, 0) is 76.9 Å². The molecule has 0 spiro atoms. The molecule has 2 heterocycles. The molecule has 3 N–H and O–H groups in total. The Hall–Kier alpha value is -3.27. The third-order valence-corrected chi connectivity index (χ3v) is 6.53. The second-order valence-electron chi connectivity index (χ2n) is 10.2. The van der Waals surface area contributed by atoms with Gasteiger partial charge in [-0.3, -0.25) is 4.79 Å². The van der Waals surface area contributed by atoms with Gasteiger partial charge in [0.25, 0.3) is 5.91 Å². The highest BCUT2D eigenvalue weighted by molar-refractivity contribution is 6.33. The summed E-state index contributed by atoms with van der Waals surface area (Å²) in [4.78, 5) is 21.0. The molecule has 36 heavy (non-hydrogen) atoms. The second-order valence-corrected chi connectivity index (χ2v) is 10.6. The molecular formula is C26H29ClFN6O2. The highest BCUT2D eigenvalue weighted by atomic mass is 35.5. The molecule has 10 heteroatoms. The van der Waals surface area contributed by atoms with E-state index in [1.54, 1.807) is 48.5 Å². The first-order chi connectivity index (χ1) is 16.9. The van der Waals surface area contributed by atoms with Crippen LogP contribution in [0.25, 0.3) is 0 Å². The summed E-state index contributed by atoms with van der Waals surface area (Å²) in [6, 6.07) is 13.7. The lowest BCUT2D eigenvalue weighted by molar-refractivity contribution is -0.289. The van der Waals surface area contributed by atoms with Crippen molar-refractivity contribution in [2.45, 2.75) is 57.7 Å². The van der Waals surface area contributed by atoms with Crippen LogP contribution in [0.5, 0.6) is 0 Å². The van der Waals surface area contributed by atoms with Gasteiger partial charge in [-0.2, -0.15) is 4.98 Å². The Bertz CT molecular complexity index is 1230. The zero-order valence-corrected chi connectivity index (χ0v) is 21.4. The summed E-state index contributed by atoms with van der Waals surface area (Å²) in [6.45, 7) is 7.59. The summed E-state index contributed by atoms with van der Waals surface area (Å²) in [7, 11) is 0. The van der Waals surface area contributed by atoms with Crippen molar-refractivity contribution in [3.8, 4) is 0 Å². The SMILES string of the molecule is CC1(C)CC(NC(=O)c2ccc(Nc3ncc(F)c(Nc4ccccc4Cl)n3)cc2)CC(C)(C)N1[O]. The van der Waals surface area contributed by atoms with Gasteiger partial charge in [0.05, 0.1) is 16.9 Å². The normalized spacial score (nSPS) is 17.4. The van der Waals surface area contributed by atoms with Crippen LogP contribution in [0, 0.1) is 5.82 Å². The number of piperidine rings is 1. The lowest BCUT2D eigenvalue weighted by Gasteiger charge is -2.50. The topological polar surface area (TPSA) is 102 Å². The Morgan fingerprint density at radius 2 is 1.67 bits per heavy atom. The van der Waals surface area contributed by atoms with E-state index in [4.69, 9.17) is 11.6 Å². The van der Waals surface area contributed by atoms with Gasteiger partial charge in [0.1, 0.15) is 0 Å². The van der Waals surface area contributed by atoms with Crippen LogP contribution >= 0.6 is 11.6 Å². The van der Waals surface area contributed by atoms with E-state index in [0.29, 0.717) is 34.8 Å². The number of halogens is 2. The van der Waals surface area contributed by atoms with Crippen molar-refractivity contribution in [2.75, 3.05) is 10.6 Å². The molecule has 1 fully saturated rings. The van der Waals surface area contributed by atoms with Crippen LogP contribution in [-0.4, -0.2) is 38.1 Å². The fraction of sp³-hybridized carbons (Fsp3) is 0.346. The molecule has 0 bridgehead atoms. The van der Waals surface area contributed by atoms with Crippen LogP contribution < -0.4 is 16.0 Å². The van der Waals surface area contributed by atoms with E-state index in [9.17, 15) is 14.4 Å². The Morgan fingerprint density at radius 3 is 2.31 bits per heavy atom. The first kappa shape index (κ1) is 25.8. The van der Waals surface area contributed by atoms with E-state index in [0.717, 1.165) is 11.3 Å². The number of hydroxylamine groups is 2. The fourth-order valence-electron chi connectivity index (χ4n) is 4.67. The maximum atomic E-state index is 14.3. The summed E-state index contributed by atoms with van der Waals surface area (Å²) >= 11 is 6.14. The molecule has 1 saturated heterocycles. The molecule has 4 rings (SSSR count). The average molecular weight is 512 g/mol. The highest BCUT2D eigenvalue weighted by Gasteiger charge is 2.46. The van der Waals surface area contributed by atoms with Crippen molar-refractivity contribution in [1.29, 1.82) is 0 Å². The molecule has 1 amide bonds. The second kappa shape index (κ2) is 10.0. The number of rotatable bonds is 6. The molecule has 1 aliphatic rings. The summed E-state index contributed by atoms with van der Waals surface area (Å²) < 4.78 is 14.3. The average Bonchev–Trinajstić information content (AvgIpc) is 2.81. The monoisotopic (exact) mass is 511 g/mol. The number of hydrogen-bond donors (Lipinski definition) is 3. The Labute approximate surface area is 214 Å². The van der Waals surface area contributed by atoms with Gasteiger partial charge in [-0.25, -0.2) is 9.37 Å². The minimum absolute atomic E-state index is 0.0217. The van der Waals surface area contributed by atoms with Crippen LogP contribution in [-0.2, 0) is 5.21 Å². The van der Waals surface area contributed by atoms with Crippen molar-refractivity contribution in [1.82, 2.24) is 20.3 Å². The molecule has 2 aromatic carbocycles. The number of anilines is 4. The van der Waals surface area contributed by atoms with Crippen molar-refractivity contribution < 1.29 is 14.4 Å². The van der Waals surface area contributed by atoms with E-state index >= 15 is 0 Å². The molecule has 0 aliphatic carbocycles. The molecule has 1 radical (unpaired) electrons. The molecule has 8 nitrogen and oxygen atoms in total. The lowest BCUT2D eigenvalue weighted by Crippen LogP contribution is -2.62. The Balaban J connectivity index is 1.41. The van der Waals surface area contributed by atoms with Gasteiger partial charge in [-0.1, -0.05) is 23.7 Å². The fourth-order valence-corrected chi connectivity index (χ4v) is 4.86. The first-order valence-corrected chi connectivity index (χ1v) is 12.0. The van der Waals surface area contributed by atoms with E-state index < -0.39 is 16.9 Å². The van der Waals surface area contributed by atoms with Gasteiger partial charge in [0.15, 0.2) is 11.6 Å². The molecule has 1 aliphatic heterocycles. The zero-order valence-electron chi connectivity index (χ0n) is 20.6. The third kappa shape index (κ3) is 5.75. The number of carbonyl (C=O) groups is 1. The van der Waals surface area contributed by atoms with Crippen LogP contribution in [0.4, 0.5) is 27.5 Å². The van der Waals surface area contributed by atoms with E-state index in [-0.39, 0.29) is 23.7 Å². The van der Waals surface area contributed by atoms with Gasteiger partial charge in [0, 0.05) is 28.4 Å². The van der Waals surface area contributed by atoms with E-state index in [1.807, 2.05) is 27.7 Å². The minimum atomic E-state index is -0.623. The summed E-state index contributed by atoms with van der Waals surface area (Å²) in [5.41, 5.74) is 0.501. The Kier molecular flexibility index (Phi) is 7.17. The molecule has 3 aromatic rings. The maximum absolute atomic E-state index is 14.3. The number of benzene rings is 2. The molecule has 189 valence electrons. The van der Waals surface area contributed by atoms with Crippen LogP contribution in [0.3, 0.4) is 0 Å². The van der Waals surface area contributed by atoms with Gasteiger partial charge in [-0.15, -0.1) is 10.3 Å². The van der Waals surface area contributed by atoms with Crippen molar-refractivity contribution in [3.05, 3.63) is 71.1 Å². The Morgan fingerprint density at radius 1 is 1.03 bits per heavy atom. The van der Waals surface area contributed by atoms with Gasteiger partial charge < -0.3 is 16.0 Å². The highest BCUT2D eigenvalue weighted by Crippen LogP contribution is 2.37. The number of aromatic nitrogens is 2. The number of para-hydroxylation sites is 1. The summed E-state index contributed by atoms with van der Waals surface area (Å²) in [6.07, 6.45) is 2.20. The predicted molar refractivity (Wildman–Crippen MR) is 138 cm³/mol. The summed E-state index contributed by atoms with van der Waals surface area (Å²) in [5, 5.41) is 23.1. The lowest BCUT2D eigenvalue weighted by atomic mass is 9.79. The number of hydrogen-bond acceptors (Lipinski definition) is 6. The maximum Gasteiger partial charge on any atom is 0.251 e. The molecule has 0 unspecified atom stereocenters. The van der Waals surface area contributed by atoms with Crippen LogP contribution in [0.15, 0.2) is 54.7 Å². The minimum Gasteiger partial charge on any atom is -0.349 e. The third-order valence-electron chi connectivity index (χ3n) is 6.20. The van der Waals surface area contributed by atoms with Crippen LogP contribution in [0.1, 0.15) is 50.9 Å². The number of nitrogens with zero attached hydrogens (tertiary/aromatic N) is 3. The largest absolute Gasteiger partial charge is 0.349 e. The van der Waals surface area contributed by atoms with Gasteiger partial charge in [0.2, 0.25) is 5.95 Å². The van der Waals surface area contributed by atoms with Crippen molar-refractivity contribution in [2.24, 2.45) is 0 Å². The molecular weight excluding hydrogens is 483 g/mol. The van der Waals surface area contributed by atoms with Gasteiger partial charge >= 0.3 is 0 Å². The molecule has 0 saturated carbocycles. The molecule has 0 atom stereocenters. The van der Waals surface area contributed by atoms with E-state index in [1.165, 1.54) is 0 Å². The smallest absolute Gasteiger partial charge is 0.251 e. The number of nitrogens with one attached hydrogen (secondary N) is 3. The van der Waals surface area contributed by atoms with E-state index in [2.05, 4.69) is 25.9 Å². The first-order valence-electron chi connectivity index (χ1n) is 11.6.